The van der Waals surface area contributed by atoms with E-state index in [2.05, 4.69) is 19.2 Å². The Balaban J connectivity index is 2.12. The molecule has 1 heterocycles. The van der Waals surface area contributed by atoms with Crippen LogP contribution in [0.2, 0.25) is 0 Å². The Kier molecular flexibility index (Phi) is 9.05. The van der Waals surface area contributed by atoms with Gasteiger partial charge >= 0.3 is 11.9 Å². The lowest BCUT2D eigenvalue weighted by molar-refractivity contribution is -0.118. The second kappa shape index (κ2) is 11.5. The zero-order valence-corrected chi connectivity index (χ0v) is 19.4. The van der Waals surface area contributed by atoms with E-state index in [4.69, 9.17) is 14.2 Å². The lowest BCUT2D eigenvalue weighted by atomic mass is 9.99. The van der Waals surface area contributed by atoms with E-state index in [0.717, 1.165) is 17.8 Å². The van der Waals surface area contributed by atoms with Crippen LogP contribution in [0, 0.1) is 6.92 Å². The first-order valence-corrected chi connectivity index (χ1v) is 11.1. The molecule has 1 atom stereocenters. The first kappa shape index (κ1) is 24.4. The van der Waals surface area contributed by atoms with E-state index >= 15 is 0 Å². The second-order valence-corrected chi connectivity index (χ2v) is 7.94. The Labute approximate surface area is 186 Å². The second-order valence-electron chi connectivity index (χ2n) is 6.92. The van der Waals surface area contributed by atoms with Crippen LogP contribution < -0.4 is 10.1 Å². The molecule has 0 spiro atoms. The molecular weight excluding hydrogens is 418 g/mol. The minimum atomic E-state index is -0.608. The topological polar surface area (TPSA) is 90.9 Å². The fraction of sp³-hybridized carbons (Fsp3) is 0.435. The van der Waals surface area contributed by atoms with Crippen LogP contribution in [-0.4, -0.2) is 37.7 Å². The fourth-order valence-corrected chi connectivity index (χ4v) is 3.99. The largest absolute Gasteiger partial charge is 0.484 e. The molecule has 0 bridgehead atoms. The summed E-state index contributed by atoms with van der Waals surface area (Å²) in [4.78, 5) is 37.3. The molecule has 0 radical (unpaired) electrons. The molecule has 0 saturated heterocycles. The van der Waals surface area contributed by atoms with E-state index in [-0.39, 0.29) is 35.3 Å². The summed E-state index contributed by atoms with van der Waals surface area (Å²) in [5.41, 5.74) is 1.78. The highest BCUT2D eigenvalue weighted by Gasteiger charge is 2.27. The summed E-state index contributed by atoms with van der Waals surface area (Å²) in [7, 11) is 0. The Morgan fingerprint density at radius 1 is 1.00 bits per heavy atom. The number of carbonyl (C=O) groups is 3. The number of hydrogen-bond acceptors (Lipinski definition) is 7. The normalized spacial score (nSPS) is 11.5. The van der Waals surface area contributed by atoms with Crippen LogP contribution in [-0.2, 0) is 14.3 Å². The number of amides is 1. The van der Waals surface area contributed by atoms with Crippen molar-refractivity contribution in [1.29, 1.82) is 0 Å². The number of thiophene rings is 1. The highest BCUT2D eigenvalue weighted by atomic mass is 32.1. The predicted molar refractivity (Wildman–Crippen MR) is 120 cm³/mol. The zero-order chi connectivity index (χ0) is 23.0. The summed E-state index contributed by atoms with van der Waals surface area (Å²) < 4.78 is 15.7. The van der Waals surface area contributed by atoms with Gasteiger partial charge in [-0.15, -0.1) is 11.3 Å². The van der Waals surface area contributed by atoms with Gasteiger partial charge in [0, 0.05) is 0 Å². The minimum Gasteiger partial charge on any atom is -0.484 e. The Morgan fingerprint density at radius 3 is 2.19 bits per heavy atom. The number of nitrogens with one attached hydrogen (secondary N) is 1. The van der Waals surface area contributed by atoms with Crippen LogP contribution in [0.4, 0.5) is 5.00 Å². The van der Waals surface area contributed by atoms with Gasteiger partial charge in [0.1, 0.15) is 15.6 Å². The van der Waals surface area contributed by atoms with Gasteiger partial charge in [-0.3, -0.25) is 4.79 Å². The molecular formula is C23H29NO6S. The van der Waals surface area contributed by atoms with Gasteiger partial charge in [-0.05, 0) is 56.4 Å². The SMILES string of the molecule is CCOC(=O)c1sc(NC(=O)COc2ccc([C@@H](C)CC)cc2)c(C(=O)OCC)c1C. The van der Waals surface area contributed by atoms with Gasteiger partial charge in [0.25, 0.3) is 5.91 Å². The molecule has 1 N–H and O–H groups in total. The van der Waals surface area contributed by atoms with Gasteiger partial charge < -0.3 is 19.5 Å². The number of hydrogen-bond donors (Lipinski definition) is 1. The van der Waals surface area contributed by atoms with E-state index in [9.17, 15) is 14.4 Å². The number of esters is 2. The first-order valence-electron chi connectivity index (χ1n) is 10.3. The van der Waals surface area contributed by atoms with Crippen LogP contribution in [0.1, 0.15) is 71.2 Å². The van der Waals surface area contributed by atoms with Gasteiger partial charge in [0.2, 0.25) is 0 Å². The van der Waals surface area contributed by atoms with E-state index in [1.54, 1.807) is 20.8 Å². The maximum absolute atomic E-state index is 12.5. The summed E-state index contributed by atoms with van der Waals surface area (Å²) in [5, 5.41) is 2.90. The van der Waals surface area contributed by atoms with Crippen molar-refractivity contribution in [2.75, 3.05) is 25.1 Å². The molecule has 1 amide bonds. The van der Waals surface area contributed by atoms with Crippen LogP contribution in [0.5, 0.6) is 5.75 Å². The number of anilines is 1. The standard InChI is InChI=1S/C23H29NO6S/c1-6-14(4)16-9-11-17(12-10-16)30-13-18(25)24-21-19(22(26)28-7-2)15(5)20(31-21)23(27)29-8-3/h9-12,14H,6-8,13H2,1-5H3,(H,24,25)/t14-/m0/s1. The molecule has 0 aliphatic heterocycles. The molecule has 0 fully saturated rings. The number of benzene rings is 1. The highest BCUT2D eigenvalue weighted by molar-refractivity contribution is 7.18. The number of carbonyl (C=O) groups excluding carboxylic acids is 3. The Hall–Kier alpha value is -2.87. The highest BCUT2D eigenvalue weighted by Crippen LogP contribution is 2.34. The lowest BCUT2D eigenvalue weighted by Crippen LogP contribution is -2.21. The van der Waals surface area contributed by atoms with Gasteiger partial charge in [0.05, 0.1) is 18.8 Å². The minimum absolute atomic E-state index is 0.154. The zero-order valence-electron chi connectivity index (χ0n) is 18.6. The van der Waals surface area contributed by atoms with Crippen molar-refractivity contribution >= 4 is 34.2 Å². The van der Waals surface area contributed by atoms with E-state index < -0.39 is 17.8 Å². The van der Waals surface area contributed by atoms with Crippen LogP contribution in [0.25, 0.3) is 0 Å². The first-order chi connectivity index (χ1) is 14.8. The molecule has 2 aromatic rings. The van der Waals surface area contributed by atoms with E-state index in [1.165, 1.54) is 5.56 Å². The average molecular weight is 448 g/mol. The Bertz CT molecular complexity index is 919. The smallest absolute Gasteiger partial charge is 0.348 e. The van der Waals surface area contributed by atoms with Gasteiger partial charge in [-0.25, -0.2) is 9.59 Å². The van der Waals surface area contributed by atoms with Crippen molar-refractivity contribution < 1.29 is 28.6 Å². The van der Waals surface area contributed by atoms with Crippen molar-refractivity contribution in [3.63, 3.8) is 0 Å². The molecule has 0 saturated carbocycles. The number of ether oxygens (including phenoxy) is 3. The summed E-state index contributed by atoms with van der Waals surface area (Å²) in [5.74, 6) is -0.581. The average Bonchev–Trinajstić information content (AvgIpc) is 3.08. The molecule has 0 unspecified atom stereocenters. The molecule has 2 rings (SSSR count). The van der Waals surface area contributed by atoms with Gasteiger partial charge in [-0.2, -0.15) is 0 Å². The molecule has 0 aliphatic carbocycles. The van der Waals surface area contributed by atoms with Crippen LogP contribution >= 0.6 is 11.3 Å². The molecule has 7 nitrogen and oxygen atoms in total. The van der Waals surface area contributed by atoms with E-state index in [1.807, 2.05) is 24.3 Å². The third-order valence-corrected chi connectivity index (χ3v) is 5.96. The molecule has 8 heteroatoms. The lowest BCUT2D eigenvalue weighted by Gasteiger charge is -2.11. The van der Waals surface area contributed by atoms with Gasteiger partial charge in [0.15, 0.2) is 6.61 Å². The van der Waals surface area contributed by atoms with Crippen molar-refractivity contribution in [2.24, 2.45) is 0 Å². The monoisotopic (exact) mass is 447 g/mol. The van der Waals surface area contributed by atoms with Crippen molar-refractivity contribution in [2.45, 2.75) is 47.0 Å². The van der Waals surface area contributed by atoms with Crippen molar-refractivity contribution in [3.05, 3.63) is 45.8 Å². The van der Waals surface area contributed by atoms with Crippen molar-refractivity contribution in [3.8, 4) is 5.75 Å². The fourth-order valence-electron chi connectivity index (χ4n) is 2.88. The van der Waals surface area contributed by atoms with Crippen molar-refractivity contribution in [1.82, 2.24) is 0 Å². The molecule has 1 aromatic carbocycles. The van der Waals surface area contributed by atoms with E-state index in [0.29, 0.717) is 17.2 Å². The van der Waals surface area contributed by atoms with Crippen LogP contribution in [0.15, 0.2) is 24.3 Å². The molecule has 31 heavy (non-hydrogen) atoms. The van der Waals surface area contributed by atoms with Gasteiger partial charge in [-0.1, -0.05) is 26.0 Å². The Morgan fingerprint density at radius 2 is 1.61 bits per heavy atom. The third-order valence-electron chi connectivity index (χ3n) is 4.77. The summed E-state index contributed by atoms with van der Waals surface area (Å²) in [6.07, 6.45) is 1.04. The summed E-state index contributed by atoms with van der Waals surface area (Å²) in [6, 6.07) is 7.61. The summed E-state index contributed by atoms with van der Waals surface area (Å²) >= 11 is 0.983. The summed E-state index contributed by atoms with van der Waals surface area (Å²) in [6.45, 7) is 9.42. The number of rotatable bonds is 10. The molecule has 168 valence electrons. The maximum atomic E-state index is 12.5. The molecule has 0 aliphatic rings. The molecule has 1 aromatic heterocycles. The predicted octanol–water partition coefficient (Wildman–Crippen LogP) is 4.94. The quantitative estimate of drug-likeness (QED) is 0.519. The maximum Gasteiger partial charge on any atom is 0.348 e. The third kappa shape index (κ3) is 6.30. The van der Waals surface area contributed by atoms with Crippen LogP contribution in [0.3, 0.4) is 0 Å².